The van der Waals surface area contributed by atoms with Gasteiger partial charge in [0.1, 0.15) is 6.29 Å². The van der Waals surface area contributed by atoms with Crippen molar-refractivity contribution in [2.75, 3.05) is 6.67 Å². The maximum Gasteiger partial charge on any atom is 0.305 e. The molecular formula is C5H10N2O3. The summed E-state index contributed by atoms with van der Waals surface area (Å²) < 4.78 is 0. The van der Waals surface area contributed by atoms with E-state index in [1.807, 2.05) is 0 Å². The molecule has 10 heavy (non-hydrogen) atoms. The first-order chi connectivity index (χ1) is 4.70. The van der Waals surface area contributed by atoms with Gasteiger partial charge in [-0.3, -0.25) is 10.1 Å². The molecular weight excluding hydrogens is 136 g/mol. The van der Waals surface area contributed by atoms with Crippen molar-refractivity contribution < 1.29 is 14.7 Å². The molecule has 0 bridgehead atoms. The van der Waals surface area contributed by atoms with Crippen LogP contribution in [0.25, 0.3) is 0 Å². The number of carbonyl (C=O) groups excluding carboxylic acids is 1. The first-order valence-corrected chi connectivity index (χ1v) is 2.81. The van der Waals surface area contributed by atoms with Crippen LogP contribution in [0.4, 0.5) is 0 Å². The molecule has 0 aromatic rings. The van der Waals surface area contributed by atoms with Gasteiger partial charge in [-0.25, -0.2) is 0 Å². The van der Waals surface area contributed by atoms with Crippen molar-refractivity contribution in [1.82, 2.24) is 5.32 Å². The van der Waals surface area contributed by atoms with E-state index < -0.39 is 12.0 Å². The number of nitrogens with two attached hydrogens (primary N) is 1. The van der Waals surface area contributed by atoms with Crippen molar-refractivity contribution in [3.05, 3.63) is 0 Å². The molecule has 4 N–H and O–H groups in total. The molecule has 0 spiro atoms. The standard InChI is InChI=1S/C5H10N2O3/c6-3-7-4(2-8)1-5(9)10/h2,4,7H,1,3,6H2,(H,9,10)/t4-/m0/s1. The highest BCUT2D eigenvalue weighted by Crippen LogP contribution is 1.85. The van der Waals surface area contributed by atoms with E-state index in [9.17, 15) is 9.59 Å². The summed E-state index contributed by atoms with van der Waals surface area (Å²) in [6.45, 7) is 0.108. The molecule has 0 aliphatic heterocycles. The SMILES string of the molecule is NCN[C@H](C=O)CC(=O)O. The number of rotatable bonds is 5. The largest absolute Gasteiger partial charge is 0.481 e. The second-order valence-electron chi connectivity index (χ2n) is 1.75. The summed E-state index contributed by atoms with van der Waals surface area (Å²) in [5.74, 6) is -1.02. The molecule has 0 heterocycles. The number of carboxylic acid groups (broad SMARTS) is 1. The zero-order valence-electron chi connectivity index (χ0n) is 5.41. The normalized spacial score (nSPS) is 12.5. The number of carboxylic acids is 1. The molecule has 0 aliphatic rings. The quantitative estimate of drug-likeness (QED) is 0.325. The molecule has 58 valence electrons. The Morgan fingerprint density at radius 3 is 2.70 bits per heavy atom. The molecule has 0 radical (unpaired) electrons. The van der Waals surface area contributed by atoms with Crippen molar-refractivity contribution in [3.63, 3.8) is 0 Å². The highest BCUT2D eigenvalue weighted by Gasteiger charge is 2.09. The van der Waals surface area contributed by atoms with E-state index in [2.05, 4.69) is 5.32 Å². The number of nitrogens with one attached hydrogen (secondary N) is 1. The van der Waals surface area contributed by atoms with Crippen LogP contribution in [0.5, 0.6) is 0 Å². The minimum absolute atomic E-state index is 0.108. The van der Waals surface area contributed by atoms with Gasteiger partial charge in [0.25, 0.3) is 0 Å². The zero-order chi connectivity index (χ0) is 7.98. The van der Waals surface area contributed by atoms with Gasteiger partial charge in [0.2, 0.25) is 0 Å². The van der Waals surface area contributed by atoms with E-state index >= 15 is 0 Å². The predicted molar refractivity (Wildman–Crippen MR) is 34.3 cm³/mol. The van der Waals surface area contributed by atoms with Crippen LogP contribution in [0, 0.1) is 0 Å². The lowest BCUT2D eigenvalue weighted by Gasteiger charge is -2.05. The molecule has 0 amide bonds. The average molecular weight is 146 g/mol. The lowest BCUT2D eigenvalue weighted by atomic mass is 10.2. The number of aldehydes is 1. The van der Waals surface area contributed by atoms with E-state index in [0.717, 1.165) is 0 Å². The molecule has 0 saturated carbocycles. The number of hydrogen-bond acceptors (Lipinski definition) is 4. The van der Waals surface area contributed by atoms with Crippen LogP contribution in [0.2, 0.25) is 0 Å². The second-order valence-corrected chi connectivity index (χ2v) is 1.75. The van der Waals surface area contributed by atoms with Crippen LogP contribution >= 0.6 is 0 Å². The van der Waals surface area contributed by atoms with Crippen LogP contribution in [-0.4, -0.2) is 30.1 Å². The van der Waals surface area contributed by atoms with Crippen molar-refractivity contribution in [2.45, 2.75) is 12.5 Å². The van der Waals surface area contributed by atoms with Gasteiger partial charge in [-0.15, -0.1) is 0 Å². The third-order valence-corrected chi connectivity index (χ3v) is 0.939. The molecule has 1 atom stereocenters. The highest BCUT2D eigenvalue weighted by molar-refractivity contribution is 5.73. The summed E-state index contributed by atoms with van der Waals surface area (Å²) in [6.07, 6.45) is 0.307. The zero-order valence-corrected chi connectivity index (χ0v) is 5.41. The van der Waals surface area contributed by atoms with E-state index in [-0.39, 0.29) is 13.1 Å². The smallest absolute Gasteiger partial charge is 0.305 e. The van der Waals surface area contributed by atoms with Crippen LogP contribution in [0.15, 0.2) is 0 Å². The fourth-order valence-electron chi connectivity index (χ4n) is 0.508. The third-order valence-electron chi connectivity index (χ3n) is 0.939. The van der Waals surface area contributed by atoms with E-state index in [0.29, 0.717) is 6.29 Å². The Kier molecular flexibility index (Phi) is 4.43. The van der Waals surface area contributed by atoms with Gasteiger partial charge in [-0.1, -0.05) is 0 Å². The summed E-state index contributed by atoms with van der Waals surface area (Å²) in [6, 6.07) is -0.664. The molecule has 0 aromatic carbocycles. The third kappa shape index (κ3) is 3.99. The Morgan fingerprint density at radius 1 is 1.80 bits per heavy atom. The molecule has 0 aliphatic carbocycles. The van der Waals surface area contributed by atoms with Crippen molar-refractivity contribution in [1.29, 1.82) is 0 Å². The fraction of sp³-hybridized carbons (Fsp3) is 0.600. The van der Waals surface area contributed by atoms with Gasteiger partial charge in [-0.2, -0.15) is 0 Å². The lowest BCUT2D eigenvalue weighted by Crippen LogP contribution is -2.36. The van der Waals surface area contributed by atoms with Crippen molar-refractivity contribution in [2.24, 2.45) is 5.73 Å². The van der Waals surface area contributed by atoms with Gasteiger partial charge in [0.05, 0.1) is 12.5 Å². The van der Waals surface area contributed by atoms with Gasteiger partial charge in [0.15, 0.2) is 0 Å². The summed E-state index contributed by atoms with van der Waals surface area (Å²) >= 11 is 0. The highest BCUT2D eigenvalue weighted by atomic mass is 16.4. The van der Waals surface area contributed by atoms with Gasteiger partial charge < -0.3 is 15.6 Å². The van der Waals surface area contributed by atoms with Crippen LogP contribution in [0.1, 0.15) is 6.42 Å². The van der Waals surface area contributed by atoms with Gasteiger partial charge in [-0.05, 0) is 0 Å². The monoisotopic (exact) mass is 146 g/mol. The summed E-state index contributed by atoms with van der Waals surface area (Å²) in [5.41, 5.74) is 5.02. The molecule has 0 unspecified atom stereocenters. The minimum atomic E-state index is -1.02. The number of carbonyl (C=O) groups is 2. The van der Waals surface area contributed by atoms with E-state index in [1.165, 1.54) is 0 Å². The number of aliphatic carboxylic acids is 1. The fourth-order valence-corrected chi connectivity index (χ4v) is 0.508. The molecule has 0 fully saturated rings. The summed E-state index contributed by atoms with van der Waals surface area (Å²) in [4.78, 5) is 20.1. The molecule has 5 heteroatoms. The Labute approximate surface area is 58.2 Å². The van der Waals surface area contributed by atoms with Crippen LogP contribution < -0.4 is 11.1 Å². The Morgan fingerprint density at radius 2 is 2.40 bits per heavy atom. The van der Waals surface area contributed by atoms with E-state index in [1.54, 1.807) is 0 Å². The summed E-state index contributed by atoms with van der Waals surface area (Å²) in [5, 5.41) is 10.7. The maximum absolute atomic E-state index is 10.0. The molecule has 0 aromatic heterocycles. The minimum Gasteiger partial charge on any atom is -0.481 e. The number of hydrogen-bond donors (Lipinski definition) is 3. The average Bonchev–Trinajstić information content (AvgIpc) is 1.86. The molecule has 0 saturated heterocycles. The van der Waals surface area contributed by atoms with Crippen molar-refractivity contribution >= 4 is 12.3 Å². The van der Waals surface area contributed by atoms with Crippen molar-refractivity contribution in [3.8, 4) is 0 Å². The first-order valence-electron chi connectivity index (χ1n) is 2.81. The Hall–Kier alpha value is -0.940. The maximum atomic E-state index is 10.0. The van der Waals surface area contributed by atoms with Gasteiger partial charge >= 0.3 is 5.97 Å². The lowest BCUT2D eigenvalue weighted by molar-refractivity contribution is -0.138. The first kappa shape index (κ1) is 9.06. The second kappa shape index (κ2) is 4.89. The molecule has 0 rings (SSSR count). The Balaban J connectivity index is 3.59. The van der Waals surface area contributed by atoms with Crippen LogP contribution in [-0.2, 0) is 9.59 Å². The van der Waals surface area contributed by atoms with Gasteiger partial charge in [0, 0.05) is 6.67 Å². The predicted octanol–water partition coefficient (Wildman–Crippen LogP) is -1.47. The summed E-state index contributed by atoms with van der Waals surface area (Å²) in [7, 11) is 0. The topological polar surface area (TPSA) is 92.4 Å². The Bertz CT molecular complexity index is 126. The molecule has 5 nitrogen and oxygen atoms in total. The van der Waals surface area contributed by atoms with Crippen LogP contribution in [0.3, 0.4) is 0 Å². The van der Waals surface area contributed by atoms with E-state index in [4.69, 9.17) is 10.8 Å².